The lowest BCUT2D eigenvalue weighted by atomic mass is 9.96. The van der Waals surface area contributed by atoms with Crippen molar-refractivity contribution in [2.75, 3.05) is 11.6 Å². The third kappa shape index (κ3) is 4.83. The fourth-order valence-electron chi connectivity index (χ4n) is 4.31. The van der Waals surface area contributed by atoms with E-state index in [9.17, 15) is 4.79 Å². The molecule has 3 aliphatic rings. The minimum atomic E-state index is 0. The van der Waals surface area contributed by atoms with Gasteiger partial charge in [-0.05, 0) is 31.2 Å². The molecule has 2 bridgehead atoms. The molecule has 2 N–H and O–H groups in total. The van der Waals surface area contributed by atoms with Crippen LogP contribution in [-0.2, 0) is 11.3 Å². The predicted molar refractivity (Wildman–Crippen MR) is 109 cm³/mol. The number of hydrogen-bond acceptors (Lipinski definition) is 4. The predicted octanol–water partition coefficient (Wildman–Crippen LogP) is 2.80. The number of carbonyl (C=O) groups excluding carboxylic acids is 1. The molecule has 3 unspecified atom stereocenters. The number of amides is 1. The van der Waals surface area contributed by atoms with E-state index in [1.165, 1.54) is 18.4 Å². The average Bonchev–Trinajstić information content (AvgIpc) is 3.17. The van der Waals surface area contributed by atoms with E-state index in [0.717, 1.165) is 31.0 Å². The van der Waals surface area contributed by atoms with E-state index in [-0.39, 0.29) is 36.8 Å². The smallest absolute Gasteiger partial charge is 0.238 e. The number of rotatable bonds is 4. The molecule has 0 spiro atoms. The summed E-state index contributed by atoms with van der Waals surface area (Å²) >= 11 is 1.81. The molecule has 140 valence electrons. The topological polar surface area (TPSA) is 44.4 Å². The second-order valence-corrected chi connectivity index (χ2v) is 8.02. The SMILES string of the molecule is Cl.Cl.O=C(NC1CC2CCC(C1)N2Cc1ccccc1)C1CSCN1. The Kier molecular flexibility index (Phi) is 7.90. The Morgan fingerprint density at radius 2 is 1.84 bits per heavy atom. The zero-order chi connectivity index (χ0) is 15.6. The van der Waals surface area contributed by atoms with Crippen molar-refractivity contribution in [2.24, 2.45) is 0 Å². The number of nitrogens with zero attached hydrogens (tertiary/aromatic N) is 1. The van der Waals surface area contributed by atoms with Crippen molar-refractivity contribution in [1.29, 1.82) is 0 Å². The molecule has 1 aromatic rings. The molecular formula is C18H27Cl2N3OS. The first-order valence-corrected chi connectivity index (χ1v) is 9.86. The van der Waals surface area contributed by atoms with Crippen LogP contribution in [0.1, 0.15) is 31.2 Å². The highest BCUT2D eigenvalue weighted by Gasteiger charge is 2.41. The number of carbonyl (C=O) groups is 1. The van der Waals surface area contributed by atoms with Crippen molar-refractivity contribution in [3.8, 4) is 0 Å². The zero-order valence-electron chi connectivity index (χ0n) is 14.2. The number of hydrogen-bond donors (Lipinski definition) is 2. The van der Waals surface area contributed by atoms with Crippen LogP contribution >= 0.6 is 36.6 Å². The standard InChI is InChI=1S/C18H25N3OS.2ClH/c22-18(17-11-23-12-19-17)20-14-8-15-6-7-16(9-14)21(15)10-13-4-2-1-3-5-13;;/h1-5,14-17,19H,6-12H2,(H,20,22);2*1H. The molecule has 7 heteroatoms. The summed E-state index contributed by atoms with van der Waals surface area (Å²) in [5, 5.41) is 6.57. The highest BCUT2D eigenvalue weighted by molar-refractivity contribution is 7.99. The number of thioether (sulfide) groups is 1. The Morgan fingerprint density at radius 3 is 2.44 bits per heavy atom. The first kappa shape index (κ1) is 20.8. The highest BCUT2D eigenvalue weighted by Crippen LogP contribution is 2.36. The second-order valence-electron chi connectivity index (χ2n) is 6.99. The van der Waals surface area contributed by atoms with Crippen LogP contribution in [-0.4, -0.2) is 46.6 Å². The molecule has 0 aliphatic carbocycles. The third-order valence-corrected chi connectivity index (χ3v) is 6.41. The van der Waals surface area contributed by atoms with E-state index >= 15 is 0 Å². The summed E-state index contributed by atoms with van der Waals surface area (Å²) in [6, 6.07) is 12.4. The van der Waals surface area contributed by atoms with Gasteiger partial charge in [-0.1, -0.05) is 30.3 Å². The summed E-state index contributed by atoms with van der Waals surface area (Å²) < 4.78 is 0. The Labute approximate surface area is 166 Å². The van der Waals surface area contributed by atoms with Gasteiger partial charge in [0.2, 0.25) is 5.91 Å². The van der Waals surface area contributed by atoms with Crippen LogP contribution in [0.15, 0.2) is 30.3 Å². The lowest BCUT2D eigenvalue weighted by Crippen LogP contribution is -2.53. The van der Waals surface area contributed by atoms with Crippen LogP contribution < -0.4 is 10.6 Å². The summed E-state index contributed by atoms with van der Waals surface area (Å²) in [5.41, 5.74) is 1.40. The van der Waals surface area contributed by atoms with E-state index < -0.39 is 0 Å². The molecule has 1 amide bonds. The van der Waals surface area contributed by atoms with Crippen molar-refractivity contribution >= 4 is 42.5 Å². The summed E-state index contributed by atoms with van der Waals surface area (Å²) in [6.07, 6.45) is 4.77. The van der Waals surface area contributed by atoms with Gasteiger partial charge in [-0.25, -0.2) is 0 Å². The molecule has 4 rings (SSSR count). The highest BCUT2D eigenvalue weighted by atomic mass is 35.5. The third-order valence-electron chi connectivity index (χ3n) is 5.47. The Bertz CT molecular complexity index is 543. The fraction of sp³-hybridized carbons (Fsp3) is 0.611. The van der Waals surface area contributed by atoms with Gasteiger partial charge in [0.05, 0.1) is 6.04 Å². The Balaban J connectivity index is 0.00000113. The quantitative estimate of drug-likeness (QED) is 0.810. The van der Waals surface area contributed by atoms with Gasteiger partial charge in [0.1, 0.15) is 0 Å². The summed E-state index contributed by atoms with van der Waals surface area (Å²) in [4.78, 5) is 15.0. The van der Waals surface area contributed by atoms with Gasteiger partial charge in [-0.15, -0.1) is 36.6 Å². The van der Waals surface area contributed by atoms with Crippen LogP contribution in [0.25, 0.3) is 0 Å². The molecular weight excluding hydrogens is 377 g/mol. The van der Waals surface area contributed by atoms with Gasteiger partial charge >= 0.3 is 0 Å². The van der Waals surface area contributed by atoms with Crippen molar-refractivity contribution in [2.45, 2.75) is 56.4 Å². The molecule has 3 aliphatic heterocycles. The van der Waals surface area contributed by atoms with Gasteiger partial charge in [0.25, 0.3) is 0 Å². The van der Waals surface area contributed by atoms with E-state index in [1.54, 1.807) is 0 Å². The molecule has 3 heterocycles. The second kappa shape index (κ2) is 9.47. The summed E-state index contributed by atoms with van der Waals surface area (Å²) in [5.74, 6) is 2.01. The lowest BCUT2D eigenvalue weighted by Gasteiger charge is -2.39. The van der Waals surface area contributed by atoms with Crippen molar-refractivity contribution in [3.63, 3.8) is 0 Å². The first-order valence-electron chi connectivity index (χ1n) is 8.71. The van der Waals surface area contributed by atoms with Gasteiger partial charge in [-0.3, -0.25) is 15.0 Å². The number of benzene rings is 1. The fourth-order valence-corrected chi connectivity index (χ4v) is 5.25. The largest absolute Gasteiger partial charge is 0.352 e. The van der Waals surface area contributed by atoms with Crippen LogP contribution in [0, 0.1) is 0 Å². The number of piperidine rings is 1. The number of halogens is 2. The summed E-state index contributed by atoms with van der Waals surface area (Å²) in [7, 11) is 0. The lowest BCUT2D eigenvalue weighted by molar-refractivity contribution is -0.123. The first-order chi connectivity index (χ1) is 11.3. The molecule has 3 atom stereocenters. The molecule has 1 aromatic carbocycles. The van der Waals surface area contributed by atoms with E-state index in [2.05, 4.69) is 45.9 Å². The van der Waals surface area contributed by atoms with E-state index in [0.29, 0.717) is 18.1 Å². The molecule has 0 aromatic heterocycles. The van der Waals surface area contributed by atoms with Crippen molar-refractivity contribution in [1.82, 2.24) is 15.5 Å². The van der Waals surface area contributed by atoms with Crippen LogP contribution in [0.4, 0.5) is 0 Å². The van der Waals surface area contributed by atoms with Crippen molar-refractivity contribution < 1.29 is 4.79 Å². The van der Waals surface area contributed by atoms with Crippen LogP contribution in [0.3, 0.4) is 0 Å². The molecule has 3 fully saturated rings. The molecule has 3 saturated heterocycles. The van der Waals surface area contributed by atoms with Crippen LogP contribution in [0.2, 0.25) is 0 Å². The Morgan fingerprint density at radius 1 is 1.16 bits per heavy atom. The maximum atomic E-state index is 12.3. The maximum Gasteiger partial charge on any atom is 0.238 e. The zero-order valence-corrected chi connectivity index (χ0v) is 16.7. The minimum absolute atomic E-state index is 0. The maximum absolute atomic E-state index is 12.3. The molecule has 0 saturated carbocycles. The number of fused-ring (bicyclic) bond motifs is 2. The van der Waals surface area contributed by atoms with Gasteiger partial charge < -0.3 is 5.32 Å². The van der Waals surface area contributed by atoms with Crippen LogP contribution in [0.5, 0.6) is 0 Å². The Hall–Kier alpha value is -0.460. The van der Waals surface area contributed by atoms with Gasteiger partial charge in [-0.2, -0.15) is 0 Å². The van der Waals surface area contributed by atoms with Gasteiger partial charge in [0, 0.05) is 36.3 Å². The average molecular weight is 404 g/mol. The van der Waals surface area contributed by atoms with E-state index in [1.807, 2.05) is 11.8 Å². The van der Waals surface area contributed by atoms with Crippen molar-refractivity contribution in [3.05, 3.63) is 35.9 Å². The molecule has 4 nitrogen and oxygen atoms in total. The molecule has 25 heavy (non-hydrogen) atoms. The monoisotopic (exact) mass is 403 g/mol. The van der Waals surface area contributed by atoms with Gasteiger partial charge in [0.15, 0.2) is 0 Å². The van der Waals surface area contributed by atoms with E-state index in [4.69, 9.17) is 0 Å². The summed E-state index contributed by atoms with van der Waals surface area (Å²) in [6.45, 7) is 1.05. The normalized spacial score (nSPS) is 31.0. The minimum Gasteiger partial charge on any atom is -0.352 e. The molecule has 0 radical (unpaired) electrons. The number of nitrogens with one attached hydrogen (secondary N) is 2.